The maximum atomic E-state index is 10.4. The molecule has 0 radical (unpaired) electrons. The van der Waals surface area contributed by atoms with E-state index in [-0.39, 0.29) is 12.3 Å². The summed E-state index contributed by atoms with van der Waals surface area (Å²) in [6.45, 7) is -0.246. The van der Waals surface area contributed by atoms with Gasteiger partial charge in [-0.3, -0.25) is 0 Å². The Kier molecular flexibility index (Phi) is 1.91. The summed E-state index contributed by atoms with van der Waals surface area (Å²) in [5.74, 6) is -0.692. The quantitative estimate of drug-likeness (QED) is 0.611. The molecule has 1 aromatic heterocycles. The van der Waals surface area contributed by atoms with E-state index in [0.29, 0.717) is 5.82 Å². The predicted octanol–water partition coefficient (Wildman–Crippen LogP) is -0.389. The molecule has 5 heteroatoms. The van der Waals surface area contributed by atoms with Crippen molar-refractivity contribution in [3.05, 3.63) is 17.7 Å². The Morgan fingerprint density at radius 2 is 2.45 bits per heavy atom. The minimum atomic E-state index is -1.04. The van der Waals surface area contributed by atoms with Crippen molar-refractivity contribution in [1.82, 2.24) is 9.55 Å². The highest BCUT2D eigenvalue weighted by molar-refractivity contribution is 5.85. The average molecular weight is 156 g/mol. The molecule has 2 N–H and O–H groups in total. The van der Waals surface area contributed by atoms with E-state index in [0.717, 1.165) is 0 Å². The van der Waals surface area contributed by atoms with E-state index in [1.54, 1.807) is 7.05 Å². The number of hydrogen-bond donors (Lipinski definition) is 2. The van der Waals surface area contributed by atoms with Gasteiger partial charge in [0.15, 0.2) is 0 Å². The van der Waals surface area contributed by atoms with E-state index in [9.17, 15) is 4.79 Å². The fourth-order valence-electron chi connectivity index (χ4n) is 0.793. The molecule has 5 nitrogen and oxygen atoms in total. The Labute approximate surface area is 62.9 Å². The molecule has 0 fully saturated rings. The van der Waals surface area contributed by atoms with Crippen molar-refractivity contribution in [3.8, 4) is 0 Å². The lowest BCUT2D eigenvalue weighted by molar-refractivity contribution is 0.0686. The van der Waals surface area contributed by atoms with E-state index < -0.39 is 5.97 Å². The Balaban J connectivity index is 3.10. The van der Waals surface area contributed by atoms with Gasteiger partial charge in [-0.1, -0.05) is 0 Å². The second kappa shape index (κ2) is 2.71. The van der Waals surface area contributed by atoms with E-state index >= 15 is 0 Å². The van der Waals surface area contributed by atoms with Gasteiger partial charge in [0.2, 0.25) is 0 Å². The van der Waals surface area contributed by atoms with Crippen LogP contribution in [0, 0.1) is 0 Å². The van der Waals surface area contributed by atoms with Crippen molar-refractivity contribution in [2.75, 3.05) is 0 Å². The molecular formula is C6H8N2O3. The van der Waals surface area contributed by atoms with Gasteiger partial charge in [-0.15, -0.1) is 0 Å². The van der Waals surface area contributed by atoms with Gasteiger partial charge in [-0.05, 0) is 0 Å². The SMILES string of the molecule is Cn1c(C(=O)O)cnc1CO. The van der Waals surface area contributed by atoms with Gasteiger partial charge in [0.1, 0.15) is 18.1 Å². The van der Waals surface area contributed by atoms with Crippen LogP contribution in [-0.2, 0) is 13.7 Å². The van der Waals surface area contributed by atoms with Gasteiger partial charge in [-0.2, -0.15) is 0 Å². The molecule has 0 aliphatic heterocycles. The van der Waals surface area contributed by atoms with E-state index in [2.05, 4.69) is 4.98 Å². The van der Waals surface area contributed by atoms with Crippen LogP contribution in [0.5, 0.6) is 0 Å². The highest BCUT2D eigenvalue weighted by atomic mass is 16.4. The molecule has 0 saturated heterocycles. The van der Waals surface area contributed by atoms with Crippen molar-refractivity contribution < 1.29 is 15.0 Å². The monoisotopic (exact) mass is 156 g/mol. The molecule has 0 aliphatic rings. The Morgan fingerprint density at radius 1 is 1.82 bits per heavy atom. The molecule has 0 aromatic carbocycles. The zero-order valence-corrected chi connectivity index (χ0v) is 5.98. The lowest BCUT2D eigenvalue weighted by Gasteiger charge is -1.98. The Hall–Kier alpha value is -1.36. The average Bonchev–Trinajstić information content (AvgIpc) is 2.30. The number of rotatable bonds is 2. The molecule has 0 spiro atoms. The number of carboxylic acids is 1. The number of aromatic carboxylic acids is 1. The van der Waals surface area contributed by atoms with E-state index in [4.69, 9.17) is 10.2 Å². The van der Waals surface area contributed by atoms with Crippen molar-refractivity contribution >= 4 is 5.97 Å². The number of aliphatic hydroxyl groups excluding tert-OH is 1. The maximum absolute atomic E-state index is 10.4. The Morgan fingerprint density at radius 3 is 2.73 bits per heavy atom. The molecule has 0 saturated carbocycles. The molecule has 0 unspecified atom stereocenters. The Bertz CT molecular complexity index is 279. The lowest BCUT2D eigenvalue weighted by Crippen LogP contribution is -2.06. The standard InChI is InChI=1S/C6H8N2O3/c1-8-4(6(10)11)2-7-5(8)3-9/h2,9H,3H2,1H3,(H,10,11). The van der Waals surface area contributed by atoms with Crippen LogP contribution < -0.4 is 0 Å². The number of carboxylic acid groups (broad SMARTS) is 1. The minimum absolute atomic E-state index is 0.0778. The second-order valence-electron chi connectivity index (χ2n) is 2.08. The molecule has 1 rings (SSSR count). The second-order valence-corrected chi connectivity index (χ2v) is 2.08. The first-order valence-corrected chi connectivity index (χ1v) is 3.01. The van der Waals surface area contributed by atoms with E-state index in [1.165, 1.54) is 10.8 Å². The van der Waals surface area contributed by atoms with Crippen LogP contribution in [-0.4, -0.2) is 25.7 Å². The van der Waals surface area contributed by atoms with E-state index in [1.807, 2.05) is 0 Å². The first kappa shape index (κ1) is 7.74. The number of imidazole rings is 1. The van der Waals surface area contributed by atoms with Crippen molar-refractivity contribution in [3.63, 3.8) is 0 Å². The van der Waals surface area contributed by atoms with Crippen molar-refractivity contribution in [2.24, 2.45) is 7.05 Å². The first-order valence-electron chi connectivity index (χ1n) is 3.01. The van der Waals surface area contributed by atoms with Gasteiger partial charge < -0.3 is 14.8 Å². The summed E-state index contributed by atoms with van der Waals surface area (Å²) in [6.07, 6.45) is 1.22. The van der Waals surface area contributed by atoms with Crippen LogP contribution in [0.3, 0.4) is 0 Å². The van der Waals surface area contributed by atoms with Gasteiger partial charge in [0.05, 0.1) is 6.20 Å². The number of carbonyl (C=O) groups is 1. The number of aromatic nitrogens is 2. The molecule has 1 heterocycles. The van der Waals surface area contributed by atoms with Crippen LogP contribution in [0.4, 0.5) is 0 Å². The van der Waals surface area contributed by atoms with Crippen LogP contribution in [0.15, 0.2) is 6.20 Å². The molecule has 0 amide bonds. The zero-order chi connectivity index (χ0) is 8.43. The summed E-state index contributed by atoms with van der Waals surface area (Å²) in [5, 5.41) is 17.2. The largest absolute Gasteiger partial charge is 0.477 e. The highest BCUT2D eigenvalue weighted by Gasteiger charge is 2.10. The normalized spacial score (nSPS) is 10.0. The summed E-state index contributed by atoms with van der Waals surface area (Å²) in [7, 11) is 1.54. The third-order valence-corrected chi connectivity index (χ3v) is 1.44. The topological polar surface area (TPSA) is 75.4 Å². The lowest BCUT2D eigenvalue weighted by atomic mass is 10.5. The molecule has 0 bridgehead atoms. The third-order valence-electron chi connectivity index (χ3n) is 1.44. The molecule has 60 valence electrons. The van der Waals surface area contributed by atoms with Gasteiger partial charge in [0.25, 0.3) is 0 Å². The third kappa shape index (κ3) is 1.22. The van der Waals surface area contributed by atoms with Crippen LogP contribution in [0.1, 0.15) is 16.3 Å². The number of aliphatic hydroxyl groups is 1. The van der Waals surface area contributed by atoms with Crippen LogP contribution in [0.2, 0.25) is 0 Å². The summed E-state index contributed by atoms with van der Waals surface area (Å²) in [4.78, 5) is 14.1. The molecule has 11 heavy (non-hydrogen) atoms. The highest BCUT2D eigenvalue weighted by Crippen LogP contribution is 2.01. The fraction of sp³-hybridized carbons (Fsp3) is 0.333. The van der Waals surface area contributed by atoms with Crippen molar-refractivity contribution in [1.29, 1.82) is 0 Å². The molecule has 0 aliphatic carbocycles. The zero-order valence-electron chi connectivity index (χ0n) is 5.98. The smallest absolute Gasteiger partial charge is 0.354 e. The maximum Gasteiger partial charge on any atom is 0.354 e. The first-order chi connectivity index (χ1) is 5.16. The summed E-state index contributed by atoms with van der Waals surface area (Å²) in [5.41, 5.74) is 0.0778. The van der Waals surface area contributed by atoms with Gasteiger partial charge in [-0.25, -0.2) is 9.78 Å². The summed E-state index contributed by atoms with van der Waals surface area (Å²) >= 11 is 0. The van der Waals surface area contributed by atoms with Crippen LogP contribution in [0.25, 0.3) is 0 Å². The minimum Gasteiger partial charge on any atom is -0.477 e. The van der Waals surface area contributed by atoms with Gasteiger partial charge >= 0.3 is 5.97 Å². The molecular weight excluding hydrogens is 148 g/mol. The van der Waals surface area contributed by atoms with Gasteiger partial charge in [0, 0.05) is 7.05 Å². The summed E-state index contributed by atoms with van der Waals surface area (Å²) < 4.78 is 1.34. The summed E-state index contributed by atoms with van der Waals surface area (Å²) in [6, 6.07) is 0. The van der Waals surface area contributed by atoms with Crippen LogP contribution >= 0.6 is 0 Å². The fourth-order valence-corrected chi connectivity index (χ4v) is 0.793. The number of hydrogen-bond acceptors (Lipinski definition) is 3. The molecule has 0 atom stereocenters. The van der Waals surface area contributed by atoms with Crippen molar-refractivity contribution in [2.45, 2.75) is 6.61 Å². The number of nitrogens with zero attached hydrogens (tertiary/aromatic N) is 2. The molecule has 1 aromatic rings. The predicted molar refractivity (Wildman–Crippen MR) is 36.1 cm³/mol.